The van der Waals surface area contributed by atoms with Gasteiger partial charge in [0.15, 0.2) is 5.60 Å². The molecule has 0 aromatic heterocycles. The number of carbonyl (C=O) groups is 2. The van der Waals surface area contributed by atoms with E-state index in [2.05, 4.69) is 5.32 Å². The lowest BCUT2D eigenvalue weighted by atomic mass is 9.91. The SMILES string of the molecule is O=C(O)c1ccc(C2(NC(=O)C3(OCCOc4cccc(Cl)c4)CCOCC3)CC2)cc1. The smallest absolute Gasteiger partial charge is 0.335 e. The number of rotatable bonds is 9. The van der Waals surface area contributed by atoms with Crippen molar-refractivity contribution in [3.05, 3.63) is 64.7 Å². The molecular weight excluding hydrogens is 434 g/mol. The molecule has 0 atom stereocenters. The fourth-order valence-corrected chi connectivity index (χ4v) is 4.15. The number of carboxylic acid groups (broad SMARTS) is 1. The van der Waals surface area contributed by atoms with E-state index in [0.717, 1.165) is 18.4 Å². The van der Waals surface area contributed by atoms with Gasteiger partial charge in [0.1, 0.15) is 12.4 Å². The molecule has 7 nitrogen and oxygen atoms in total. The van der Waals surface area contributed by atoms with E-state index in [1.165, 1.54) is 0 Å². The number of halogens is 1. The maximum absolute atomic E-state index is 13.4. The topological polar surface area (TPSA) is 94.1 Å². The van der Waals surface area contributed by atoms with Crippen LogP contribution >= 0.6 is 11.6 Å². The largest absolute Gasteiger partial charge is 0.491 e. The minimum absolute atomic E-state index is 0.164. The normalized spacial score (nSPS) is 18.5. The molecule has 32 heavy (non-hydrogen) atoms. The minimum Gasteiger partial charge on any atom is -0.491 e. The maximum atomic E-state index is 13.4. The van der Waals surface area contributed by atoms with Crippen LogP contribution < -0.4 is 10.1 Å². The summed E-state index contributed by atoms with van der Waals surface area (Å²) in [6.45, 7) is 1.43. The van der Waals surface area contributed by atoms with Crippen LogP contribution in [0.25, 0.3) is 0 Å². The Hall–Kier alpha value is -2.61. The molecule has 2 N–H and O–H groups in total. The quantitative estimate of drug-likeness (QED) is 0.554. The number of hydrogen-bond donors (Lipinski definition) is 2. The summed E-state index contributed by atoms with van der Waals surface area (Å²) in [5.41, 5.74) is -0.325. The van der Waals surface area contributed by atoms with Gasteiger partial charge in [-0.05, 0) is 48.7 Å². The maximum Gasteiger partial charge on any atom is 0.335 e. The Kier molecular flexibility index (Phi) is 6.69. The van der Waals surface area contributed by atoms with Crippen LogP contribution in [0.15, 0.2) is 48.5 Å². The molecule has 2 aromatic carbocycles. The molecule has 2 fully saturated rings. The van der Waals surface area contributed by atoms with Crippen molar-refractivity contribution in [1.29, 1.82) is 0 Å². The van der Waals surface area contributed by atoms with E-state index in [-0.39, 0.29) is 24.7 Å². The van der Waals surface area contributed by atoms with E-state index in [1.807, 2.05) is 12.1 Å². The number of hydrogen-bond acceptors (Lipinski definition) is 5. The second-order valence-electron chi connectivity index (χ2n) is 8.18. The van der Waals surface area contributed by atoms with Gasteiger partial charge in [0.25, 0.3) is 5.91 Å². The van der Waals surface area contributed by atoms with Gasteiger partial charge < -0.3 is 24.6 Å². The van der Waals surface area contributed by atoms with Crippen molar-refractivity contribution in [2.24, 2.45) is 0 Å². The summed E-state index contributed by atoms with van der Waals surface area (Å²) in [4.78, 5) is 24.5. The third-order valence-electron chi connectivity index (χ3n) is 6.03. The highest BCUT2D eigenvalue weighted by Crippen LogP contribution is 2.46. The Bertz CT molecular complexity index is 967. The number of benzene rings is 2. The third kappa shape index (κ3) is 5.06. The summed E-state index contributed by atoms with van der Waals surface area (Å²) >= 11 is 5.98. The van der Waals surface area contributed by atoms with Gasteiger partial charge in [0.2, 0.25) is 0 Å². The van der Waals surface area contributed by atoms with Crippen LogP contribution in [0.3, 0.4) is 0 Å². The van der Waals surface area contributed by atoms with Crippen LogP contribution in [-0.2, 0) is 19.8 Å². The fourth-order valence-electron chi connectivity index (χ4n) is 3.97. The molecule has 1 saturated heterocycles. The zero-order chi connectivity index (χ0) is 22.6. The molecule has 2 aromatic rings. The van der Waals surface area contributed by atoms with Crippen LogP contribution in [0.1, 0.15) is 41.6 Å². The van der Waals surface area contributed by atoms with Crippen molar-refractivity contribution in [1.82, 2.24) is 5.32 Å². The van der Waals surface area contributed by atoms with Crippen LogP contribution in [0, 0.1) is 0 Å². The van der Waals surface area contributed by atoms with Crippen molar-refractivity contribution in [2.75, 3.05) is 26.4 Å². The van der Waals surface area contributed by atoms with E-state index in [1.54, 1.807) is 36.4 Å². The van der Waals surface area contributed by atoms with Gasteiger partial charge in [-0.25, -0.2) is 4.79 Å². The first kappa shape index (κ1) is 22.6. The van der Waals surface area contributed by atoms with Gasteiger partial charge in [-0.15, -0.1) is 0 Å². The first-order valence-corrected chi connectivity index (χ1v) is 11.1. The first-order valence-electron chi connectivity index (χ1n) is 10.7. The Morgan fingerprint density at radius 3 is 2.38 bits per heavy atom. The molecule has 4 rings (SSSR count). The average Bonchev–Trinajstić information content (AvgIpc) is 3.58. The zero-order valence-corrected chi connectivity index (χ0v) is 18.4. The third-order valence-corrected chi connectivity index (χ3v) is 6.26. The van der Waals surface area contributed by atoms with Crippen LogP contribution in [-0.4, -0.2) is 49.0 Å². The molecule has 0 unspecified atom stereocenters. The van der Waals surface area contributed by atoms with Crippen molar-refractivity contribution < 1.29 is 28.9 Å². The van der Waals surface area contributed by atoms with E-state index >= 15 is 0 Å². The van der Waals surface area contributed by atoms with E-state index in [0.29, 0.717) is 36.8 Å². The summed E-state index contributed by atoms with van der Waals surface area (Å²) in [6.07, 6.45) is 2.53. The Balaban J connectivity index is 1.39. The molecular formula is C24H26ClNO6. The van der Waals surface area contributed by atoms with Gasteiger partial charge in [0, 0.05) is 31.1 Å². The Morgan fingerprint density at radius 1 is 1.03 bits per heavy atom. The van der Waals surface area contributed by atoms with Gasteiger partial charge in [-0.1, -0.05) is 29.8 Å². The van der Waals surface area contributed by atoms with Gasteiger partial charge in [-0.2, -0.15) is 0 Å². The zero-order valence-electron chi connectivity index (χ0n) is 17.6. The standard InChI is InChI=1S/C24H26ClNO6/c25-19-2-1-3-20(16-19)31-14-15-32-24(10-12-30-13-11-24)22(29)26-23(8-9-23)18-6-4-17(5-7-18)21(27)28/h1-7,16H,8-15H2,(H,26,29)(H,27,28). The lowest BCUT2D eigenvalue weighted by Gasteiger charge is -2.37. The molecule has 1 amide bonds. The molecule has 1 aliphatic heterocycles. The molecule has 1 aliphatic carbocycles. The summed E-state index contributed by atoms with van der Waals surface area (Å²) in [5.74, 6) is -0.489. The van der Waals surface area contributed by atoms with Crippen molar-refractivity contribution in [3.8, 4) is 5.75 Å². The van der Waals surface area contributed by atoms with Crippen LogP contribution in [0.5, 0.6) is 5.75 Å². The summed E-state index contributed by atoms with van der Waals surface area (Å²) < 4.78 is 17.3. The van der Waals surface area contributed by atoms with Crippen LogP contribution in [0.4, 0.5) is 0 Å². The number of carboxylic acids is 1. The Labute approximate surface area is 191 Å². The Morgan fingerprint density at radius 2 is 1.75 bits per heavy atom. The fraction of sp³-hybridized carbons (Fsp3) is 0.417. The summed E-state index contributed by atoms with van der Waals surface area (Å²) in [6, 6.07) is 13.8. The van der Waals surface area contributed by atoms with Gasteiger partial charge in [0.05, 0.1) is 17.7 Å². The average molecular weight is 460 g/mol. The highest BCUT2D eigenvalue weighted by molar-refractivity contribution is 6.30. The van der Waals surface area contributed by atoms with Gasteiger partial charge in [-0.3, -0.25) is 4.79 Å². The minimum atomic E-state index is -0.980. The predicted molar refractivity (Wildman–Crippen MR) is 118 cm³/mol. The monoisotopic (exact) mass is 459 g/mol. The van der Waals surface area contributed by atoms with Crippen LogP contribution in [0.2, 0.25) is 5.02 Å². The molecule has 170 valence electrons. The molecule has 2 aliphatic rings. The number of carbonyl (C=O) groups excluding carboxylic acids is 1. The molecule has 0 spiro atoms. The first-order chi connectivity index (χ1) is 15.4. The lowest BCUT2D eigenvalue weighted by molar-refractivity contribution is -0.163. The lowest BCUT2D eigenvalue weighted by Crippen LogP contribution is -2.55. The van der Waals surface area contributed by atoms with E-state index in [4.69, 9.17) is 30.9 Å². The van der Waals surface area contributed by atoms with Gasteiger partial charge >= 0.3 is 5.97 Å². The number of nitrogens with one attached hydrogen (secondary N) is 1. The highest BCUT2D eigenvalue weighted by Gasteiger charge is 2.50. The molecule has 0 radical (unpaired) electrons. The van der Waals surface area contributed by atoms with E-state index < -0.39 is 17.1 Å². The molecule has 1 heterocycles. The highest BCUT2D eigenvalue weighted by atomic mass is 35.5. The molecule has 1 saturated carbocycles. The van der Waals surface area contributed by atoms with Crippen molar-refractivity contribution in [3.63, 3.8) is 0 Å². The summed E-state index contributed by atoms with van der Waals surface area (Å²) in [7, 11) is 0. The predicted octanol–water partition coefficient (Wildman–Crippen LogP) is 3.79. The summed E-state index contributed by atoms with van der Waals surface area (Å²) in [5, 5.41) is 12.9. The molecule has 0 bridgehead atoms. The van der Waals surface area contributed by atoms with Crippen molar-refractivity contribution >= 4 is 23.5 Å². The van der Waals surface area contributed by atoms with Crippen molar-refractivity contribution in [2.45, 2.75) is 36.8 Å². The number of ether oxygens (including phenoxy) is 3. The number of aromatic carboxylic acids is 1. The number of amides is 1. The second kappa shape index (κ2) is 9.48. The molecule has 8 heteroatoms. The van der Waals surface area contributed by atoms with E-state index in [9.17, 15) is 9.59 Å². The second-order valence-corrected chi connectivity index (χ2v) is 8.62.